The lowest BCUT2D eigenvalue weighted by Crippen LogP contribution is -2.37. The first-order valence-electron chi connectivity index (χ1n) is 7.46. The van der Waals surface area contributed by atoms with Crippen LogP contribution in [0.4, 0.5) is 0 Å². The number of aromatic nitrogens is 1. The van der Waals surface area contributed by atoms with Crippen LogP contribution in [0.5, 0.6) is 0 Å². The number of carbonyl (C=O) groups excluding carboxylic acids is 1. The van der Waals surface area contributed by atoms with Crippen molar-refractivity contribution in [1.29, 1.82) is 0 Å². The molecule has 0 saturated carbocycles. The summed E-state index contributed by atoms with van der Waals surface area (Å²) in [6.07, 6.45) is 0. The van der Waals surface area contributed by atoms with E-state index in [-0.39, 0.29) is 23.1 Å². The highest BCUT2D eigenvalue weighted by Gasteiger charge is 2.35. The molecule has 1 saturated heterocycles. The third-order valence-corrected chi connectivity index (χ3v) is 4.76. The largest absolute Gasteiger partial charge is 0.337 e. The number of aryl methyl sites for hydroxylation is 1. The minimum Gasteiger partial charge on any atom is -0.337 e. The molecule has 2 atom stereocenters. The molecule has 0 spiro atoms. The summed E-state index contributed by atoms with van der Waals surface area (Å²) in [6, 6.07) is 1.69. The summed E-state index contributed by atoms with van der Waals surface area (Å²) in [5, 5.41) is 0. The molecule has 0 unspecified atom stereocenters. The Hall–Kier alpha value is -1.62. The second kappa shape index (κ2) is 5.64. The number of carbonyl (C=O) groups is 1. The van der Waals surface area contributed by atoms with Gasteiger partial charge in [0.05, 0.1) is 0 Å². The van der Waals surface area contributed by atoms with Gasteiger partial charge in [-0.1, -0.05) is 13.8 Å². The van der Waals surface area contributed by atoms with E-state index in [9.17, 15) is 9.59 Å². The molecule has 0 bridgehead atoms. The Morgan fingerprint density at radius 3 is 2.48 bits per heavy atom. The van der Waals surface area contributed by atoms with Crippen molar-refractivity contribution in [3.63, 3.8) is 0 Å². The quantitative estimate of drug-likeness (QED) is 0.886. The van der Waals surface area contributed by atoms with Gasteiger partial charge in [0.2, 0.25) is 0 Å². The van der Waals surface area contributed by atoms with E-state index < -0.39 is 0 Å². The number of amides is 1. The Morgan fingerprint density at radius 2 is 1.95 bits per heavy atom. The maximum atomic E-state index is 12.7. The van der Waals surface area contributed by atoms with E-state index in [1.807, 2.05) is 13.8 Å². The first-order chi connectivity index (χ1) is 9.73. The van der Waals surface area contributed by atoms with Crippen LogP contribution >= 0.6 is 0 Å². The van der Waals surface area contributed by atoms with Crippen molar-refractivity contribution in [2.75, 3.05) is 13.1 Å². The molecule has 5 nitrogen and oxygen atoms in total. The fourth-order valence-corrected chi connectivity index (χ4v) is 3.03. The van der Waals surface area contributed by atoms with Crippen molar-refractivity contribution in [3.8, 4) is 0 Å². The zero-order chi connectivity index (χ0) is 15.9. The highest BCUT2D eigenvalue weighted by atomic mass is 16.2. The Balaban J connectivity index is 2.33. The van der Waals surface area contributed by atoms with E-state index in [0.29, 0.717) is 24.9 Å². The summed E-state index contributed by atoms with van der Waals surface area (Å²) in [7, 11) is 1.70. The van der Waals surface area contributed by atoms with Crippen LogP contribution in [0.3, 0.4) is 0 Å². The predicted octanol–water partition coefficient (Wildman–Crippen LogP) is 1.06. The van der Waals surface area contributed by atoms with Crippen LogP contribution in [-0.2, 0) is 7.05 Å². The van der Waals surface area contributed by atoms with Crippen molar-refractivity contribution in [2.45, 2.75) is 33.7 Å². The van der Waals surface area contributed by atoms with Gasteiger partial charge >= 0.3 is 0 Å². The van der Waals surface area contributed by atoms with Gasteiger partial charge in [0.1, 0.15) is 5.56 Å². The molecule has 1 aromatic rings. The minimum absolute atomic E-state index is 0.00986. The minimum atomic E-state index is -0.232. The summed E-state index contributed by atoms with van der Waals surface area (Å²) in [5.41, 5.74) is 7.98. The molecule has 21 heavy (non-hydrogen) atoms. The van der Waals surface area contributed by atoms with E-state index >= 15 is 0 Å². The second-order valence-corrected chi connectivity index (χ2v) is 6.47. The highest BCUT2D eigenvalue weighted by molar-refractivity contribution is 5.94. The van der Waals surface area contributed by atoms with Gasteiger partial charge in [-0.2, -0.15) is 0 Å². The average Bonchev–Trinajstić information content (AvgIpc) is 2.82. The maximum absolute atomic E-state index is 12.7. The van der Waals surface area contributed by atoms with Gasteiger partial charge in [-0.05, 0) is 37.3 Å². The zero-order valence-electron chi connectivity index (χ0n) is 13.5. The molecule has 1 aliphatic rings. The van der Waals surface area contributed by atoms with Crippen LogP contribution in [0.2, 0.25) is 0 Å². The lowest BCUT2D eigenvalue weighted by molar-refractivity contribution is 0.0780. The summed E-state index contributed by atoms with van der Waals surface area (Å²) < 4.78 is 1.54. The monoisotopic (exact) mass is 291 g/mol. The van der Waals surface area contributed by atoms with Gasteiger partial charge in [-0.3, -0.25) is 9.59 Å². The summed E-state index contributed by atoms with van der Waals surface area (Å²) in [4.78, 5) is 26.7. The number of nitrogens with zero attached hydrogens (tertiary/aromatic N) is 2. The van der Waals surface area contributed by atoms with E-state index in [0.717, 1.165) is 11.3 Å². The first-order valence-corrected chi connectivity index (χ1v) is 7.46. The molecule has 2 heterocycles. The van der Waals surface area contributed by atoms with Crippen LogP contribution < -0.4 is 11.3 Å². The smallest absolute Gasteiger partial charge is 0.263 e. The van der Waals surface area contributed by atoms with E-state index in [1.165, 1.54) is 0 Å². The molecular formula is C16H25N3O2. The number of pyridine rings is 1. The molecule has 116 valence electrons. The van der Waals surface area contributed by atoms with E-state index in [4.69, 9.17) is 5.73 Å². The Morgan fingerprint density at radius 1 is 1.33 bits per heavy atom. The molecule has 1 aromatic heterocycles. The lowest BCUT2D eigenvalue weighted by atomic mass is 9.92. The van der Waals surface area contributed by atoms with Crippen LogP contribution in [-0.4, -0.2) is 34.5 Å². The summed E-state index contributed by atoms with van der Waals surface area (Å²) >= 11 is 0. The fraction of sp³-hybridized carbons (Fsp3) is 0.625. The number of likely N-dealkylation sites (tertiary alicyclic amines) is 1. The molecule has 1 amide bonds. The van der Waals surface area contributed by atoms with Crippen molar-refractivity contribution < 1.29 is 4.79 Å². The van der Waals surface area contributed by atoms with Gasteiger partial charge in [0.15, 0.2) is 0 Å². The van der Waals surface area contributed by atoms with Gasteiger partial charge in [0.25, 0.3) is 11.5 Å². The molecule has 2 rings (SSSR count). The van der Waals surface area contributed by atoms with Gasteiger partial charge in [-0.15, -0.1) is 0 Å². The molecule has 0 aliphatic carbocycles. The molecule has 1 aliphatic heterocycles. The normalized spacial score (nSPS) is 22.1. The molecular weight excluding hydrogens is 266 g/mol. The predicted molar refractivity (Wildman–Crippen MR) is 83.4 cm³/mol. The topological polar surface area (TPSA) is 68.3 Å². The van der Waals surface area contributed by atoms with Crippen LogP contribution in [0, 0.1) is 25.7 Å². The third-order valence-electron chi connectivity index (χ3n) is 4.76. The fourth-order valence-electron chi connectivity index (χ4n) is 3.03. The number of rotatable bonds is 2. The van der Waals surface area contributed by atoms with Gasteiger partial charge in [0, 0.05) is 31.9 Å². The van der Waals surface area contributed by atoms with Crippen molar-refractivity contribution in [3.05, 3.63) is 33.2 Å². The van der Waals surface area contributed by atoms with E-state index in [2.05, 4.69) is 13.8 Å². The Labute approximate surface area is 125 Å². The van der Waals surface area contributed by atoms with E-state index in [1.54, 1.807) is 22.6 Å². The molecule has 2 N–H and O–H groups in total. The lowest BCUT2D eigenvalue weighted by Gasteiger charge is -2.19. The average molecular weight is 291 g/mol. The zero-order valence-corrected chi connectivity index (χ0v) is 13.5. The Bertz CT molecular complexity index is 619. The molecule has 1 fully saturated rings. The van der Waals surface area contributed by atoms with Gasteiger partial charge < -0.3 is 15.2 Å². The molecule has 0 radical (unpaired) electrons. The second-order valence-electron chi connectivity index (χ2n) is 6.47. The van der Waals surface area contributed by atoms with Crippen molar-refractivity contribution in [2.24, 2.45) is 24.6 Å². The number of hydrogen-bond acceptors (Lipinski definition) is 3. The molecule has 0 aromatic carbocycles. The molecule has 5 heteroatoms. The third kappa shape index (κ3) is 2.75. The SMILES string of the molecule is Cc1cc(C(=O)N2C[C@H](C(C)C)[C@@H](N)C2)c(=O)n(C)c1C. The standard InChI is InChI=1S/C16H25N3O2/c1-9(2)13-7-19(8-14(13)17)16(21)12-6-10(3)11(4)18(5)15(12)20/h6,9,13-14H,7-8,17H2,1-5H3/t13-,14+/m1/s1. The summed E-state index contributed by atoms with van der Waals surface area (Å²) in [6.45, 7) is 9.19. The van der Waals surface area contributed by atoms with Crippen LogP contribution in [0.15, 0.2) is 10.9 Å². The summed E-state index contributed by atoms with van der Waals surface area (Å²) in [5.74, 6) is 0.530. The highest BCUT2D eigenvalue weighted by Crippen LogP contribution is 2.24. The van der Waals surface area contributed by atoms with Crippen LogP contribution in [0.1, 0.15) is 35.5 Å². The number of nitrogens with two attached hydrogens (primary N) is 1. The van der Waals surface area contributed by atoms with Gasteiger partial charge in [-0.25, -0.2) is 0 Å². The Kier molecular flexibility index (Phi) is 4.23. The maximum Gasteiger partial charge on any atom is 0.263 e. The number of hydrogen-bond donors (Lipinski definition) is 1. The van der Waals surface area contributed by atoms with Crippen LogP contribution in [0.25, 0.3) is 0 Å². The first kappa shape index (κ1) is 15.8. The van der Waals surface area contributed by atoms with Crippen molar-refractivity contribution in [1.82, 2.24) is 9.47 Å². The van der Waals surface area contributed by atoms with Crippen molar-refractivity contribution >= 4 is 5.91 Å².